The van der Waals surface area contributed by atoms with Gasteiger partial charge in [-0.25, -0.2) is 0 Å². The zero-order chi connectivity index (χ0) is 18.4. The molecule has 0 spiro atoms. The van der Waals surface area contributed by atoms with Crippen LogP contribution in [0.4, 0.5) is 0 Å². The number of hydrogen-bond donors (Lipinski definition) is 1. The first kappa shape index (κ1) is 19.9. The number of aliphatic hydroxyl groups is 1. The molecule has 0 aromatic heterocycles. The highest BCUT2D eigenvalue weighted by atomic mass is 16.5. The number of likely N-dealkylation sites (tertiary alicyclic amines) is 1. The lowest BCUT2D eigenvalue weighted by atomic mass is 9.78. The molecule has 0 unspecified atom stereocenters. The van der Waals surface area contributed by atoms with Gasteiger partial charge in [0.15, 0.2) is 5.78 Å². The fourth-order valence-corrected chi connectivity index (χ4v) is 3.54. The third-order valence-corrected chi connectivity index (χ3v) is 5.44. The minimum absolute atomic E-state index is 0.152. The largest absolute Gasteiger partial charge is 0.468 e. The van der Waals surface area contributed by atoms with Crippen LogP contribution in [0.25, 0.3) is 0 Å². The van der Waals surface area contributed by atoms with E-state index in [1.807, 2.05) is 26.0 Å². The van der Waals surface area contributed by atoms with Crippen molar-refractivity contribution in [2.75, 3.05) is 26.7 Å². The number of nitrogens with zero attached hydrogens (tertiary/aromatic N) is 1. The molecule has 0 amide bonds. The van der Waals surface area contributed by atoms with Gasteiger partial charge >= 0.3 is 5.97 Å². The number of rotatable bonds is 7. The number of allylic oxidation sites excluding steroid dienone is 3. The Hall–Kier alpha value is -1.46. The van der Waals surface area contributed by atoms with Crippen molar-refractivity contribution in [1.29, 1.82) is 0 Å². The first-order chi connectivity index (χ1) is 11.8. The molecule has 0 atom stereocenters. The van der Waals surface area contributed by atoms with Crippen molar-refractivity contribution in [2.24, 2.45) is 5.41 Å². The van der Waals surface area contributed by atoms with Gasteiger partial charge in [-0.1, -0.05) is 17.7 Å². The van der Waals surface area contributed by atoms with E-state index < -0.39 is 5.41 Å². The Morgan fingerprint density at radius 3 is 2.48 bits per heavy atom. The fraction of sp³-hybridized carbons (Fsp3) is 0.700. The van der Waals surface area contributed by atoms with Gasteiger partial charge < -0.3 is 14.7 Å². The highest BCUT2D eigenvalue weighted by Crippen LogP contribution is 2.35. The molecule has 0 radical (unpaired) electrons. The minimum Gasteiger partial charge on any atom is -0.468 e. The molecule has 1 fully saturated rings. The Balaban J connectivity index is 1.82. The maximum Gasteiger partial charge on any atom is 0.315 e. The molecule has 0 aromatic carbocycles. The molecule has 0 saturated carbocycles. The fourth-order valence-electron chi connectivity index (χ4n) is 3.54. The van der Waals surface area contributed by atoms with Crippen LogP contribution in [-0.2, 0) is 14.3 Å². The van der Waals surface area contributed by atoms with Crippen LogP contribution in [0.5, 0.6) is 0 Å². The lowest BCUT2D eigenvalue weighted by molar-refractivity contribution is -0.148. The summed E-state index contributed by atoms with van der Waals surface area (Å²) in [7, 11) is 1.40. The summed E-state index contributed by atoms with van der Waals surface area (Å²) in [5.74, 6) is -0.0307. The third-order valence-electron chi connectivity index (χ3n) is 5.44. The van der Waals surface area contributed by atoms with Gasteiger partial charge in [-0.15, -0.1) is 0 Å². The van der Waals surface area contributed by atoms with E-state index in [4.69, 9.17) is 4.74 Å². The Kier molecular flexibility index (Phi) is 6.96. The summed E-state index contributed by atoms with van der Waals surface area (Å²) in [6.07, 6.45) is 8.16. The molecule has 0 aromatic rings. The second-order valence-corrected chi connectivity index (χ2v) is 7.60. The maximum absolute atomic E-state index is 12.4. The molecule has 1 aliphatic carbocycles. The average molecular weight is 349 g/mol. The monoisotopic (exact) mass is 349 g/mol. The van der Waals surface area contributed by atoms with E-state index in [-0.39, 0.29) is 17.9 Å². The van der Waals surface area contributed by atoms with E-state index in [0.717, 1.165) is 56.5 Å². The Labute approximate surface area is 150 Å². The summed E-state index contributed by atoms with van der Waals surface area (Å²) < 4.78 is 4.87. The molecule has 5 nitrogen and oxygen atoms in total. The summed E-state index contributed by atoms with van der Waals surface area (Å²) in [4.78, 5) is 26.6. The molecule has 2 aliphatic rings. The second-order valence-electron chi connectivity index (χ2n) is 7.60. The van der Waals surface area contributed by atoms with Gasteiger partial charge in [0.25, 0.3) is 0 Å². The Bertz CT molecular complexity index is 554. The van der Waals surface area contributed by atoms with Crippen molar-refractivity contribution >= 4 is 11.8 Å². The third kappa shape index (κ3) is 5.25. The molecule has 2 rings (SSSR count). The number of Topliss-reactive ketones (excluding diaryl/α,β-unsaturated/α-hetero) is 1. The van der Waals surface area contributed by atoms with Crippen LogP contribution >= 0.6 is 0 Å². The highest BCUT2D eigenvalue weighted by Gasteiger charge is 2.33. The van der Waals surface area contributed by atoms with Crippen LogP contribution in [0, 0.1) is 5.41 Å². The number of piperidine rings is 1. The van der Waals surface area contributed by atoms with Gasteiger partial charge in [-0.3, -0.25) is 9.59 Å². The van der Waals surface area contributed by atoms with Gasteiger partial charge in [0.2, 0.25) is 0 Å². The van der Waals surface area contributed by atoms with Crippen LogP contribution in [0.3, 0.4) is 0 Å². The van der Waals surface area contributed by atoms with Gasteiger partial charge in [0.1, 0.15) is 0 Å². The highest BCUT2D eigenvalue weighted by molar-refractivity contribution is 5.96. The second kappa shape index (κ2) is 8.77. The molecule has 0 bridgehead atoms. The Morgan fingerprint density at radius 2 is 1.92 bits per heavy atom. The molecule has 5 heteroatoms. The van der Waals surface area contributed by atoms with E-state index >= 15 is 0 Å². The zero-order valence-electron chi connectivity index (χ0n) is 15.7. The van der Waals surface area contributed by atoms with Crippen molar-refractivity contribution in [3.8, 4) is 0 Å². The molecule has 1 heterocycles. The van der Waals surface area contributed by atoms with Crippen molar-refractivity contribution < 1.29 is 19.4 Å². The lowest BCUT2D eigenvalue weighted by Gasteiger charge is -2.29. The Morgan fingerprint density at radius 1 is 1.24 bits per heavy atom. The predicted molar refractivity (Wildman–Crippen MR) is 97.1 cm³/mol. The van der Waals surface area contributed by atoms with Crippen molar-refractivity contribution in [3.63, 3.8) is 0 Å². The summed E-state index contributed by atoms with van der Waals surface area (Å²) in [6.45, 7) is 6.49. The van der Waals surface area contributed by atoms with E-state index in [0.29, 0.717) is 12.8 Å². The summed E-state index contributed by atoms with van der Waals surface area (Å²) >= 11 is 0. The van der Waals surface area contributed by atoms with Crippen LogP contribution in [-0.4, -0.2) is 54.6 Å². The lowest BCUT2D eigenvalue weighted by Crippen LogP contribution is -2.36. The first-order valence-corrected chi connectivity index (χ1v) is 9.27. The quantitative estimate of drug-likeness (QED) is 0.716. The average Bonchev–Trinajstić information content (AvgIpc) is 2.62. The van der Waals surface area contributed by atoms with Gasteiger partial charge in [0, 0.05) is 19.5 Å². The minimum atomic E-state index is -0.640. The number of carbonyl (C=O) groups is 2. The summed E-state index contributed by atoms with van der Waals surface area (Å²) in [5.41, 5.74) is 1.24. The number of ether oxygens (including phenoxy) is 1. The normalized spacial score (nSPS) is 20.0. The molecule has 1 saturated heterocycles. The molecule has 1 N–H and O–H groups in total. The molecular formula is C20H31NO4. The van der Waals surface area contributed by atoms with Crippen LogP contribution in [0.15, 0.2) is 23.3 Å². The van der Waals surface area contributed by atoms with E-state index in [1.165, 1.54) is 7.11 Å². The SMILES string of the molecule is COC(=O)C(C)(C)C1=CC=C(C(=O)CCCN2CCC(O)CC2)CC1. The van der Waals surface area contributed by atoms with E-state index in [9.17, 15) is 14.7 Å². The number of methoxy groups -OCH3 is 1. The summed E-state index contributed by atoms with van der Waals surface area (Å²) in [5, 5.41) is 9.52. The maximum atomic E-state index is 12.4. The number of esters is 1. The van der Waals surface area contributed by atoms with Gasteiger partial charge in [-0.05, 0) is 58.1 Å². The first-order valence-electron chi connectivity index (χ1n) is 9.27. The van der Waals surface area contributed by atoms with Crippen LogP contribution in [0.2, 0.25) is 0 Å². The zero-order valence-corrected chi connectivity index (χ0v) is 15.7. The van der Waals surface area contributed by atoms with E-state index in [1.54, 1.807) is 0 Å². The number of ketones is 1. The van der Waals surface area contributed by atoms with Gasteiger partial charge in [0.05, 0.1) is 18.6 Å². The number of aliphatic hydroxyl groups excluding tert-OH is 1. The topological polar surface area (TPSA) is 66.8 Å². The van der Waals surface area contributed by atoms with Crippen LogP contribution < -0.4 is 0 Å². The summed E-state index contributed by atoms with van der Waals surface area (Å²) in [6, 6.07) is 0. The van der Waals surface area contributed by atoms with Crippen molar-refractivity contribution in [3.05, 3.63) is 23.3 Å². The van der Waals surface area contributed by atoms with E-state index in [2.05, 4.69) is 4.90 Å². The van der Waals surface area contributed by atoms with Crippen molar-refractivity contribution in [1.82, 2.24) is 4.90 Å². The smallest absolute Gasteiger partial charge is 0.315 e. The number of carbonyl (C=O) groups excluding carboxylic acids is 2. The standard InChI is InChI=1S/C20H31NO4/c1-20(2,19(24)25-3)16-8-6-15(7-9-16)18(23)5-4-12-21-13-10-17(22)11-14-21/h6,8,17,22H,4-5,7,9-14H2,1-3H3. The molecule has 140 valence electrons. The molecular weight excluding hydrogens is 318 g/mol. The predicted octanol–water partition coefficient (Wildman–Crippen LogP) is 2.64. The number of hydrogen-bond acceptors (Lipinski definition) is 5. The molecule has 25 heavy (non-hydrogen) atoms. The van der Waals surface area contributed by atoms with Crippen LogP contribution in [0.1, 0.15) is 52.4 Å². The van der Waals surface area contributed by atoms with Crippen molar-refractivity contribution in [2.45, 2.75) is 58.5 Å². The van der Waals surface area contributed by atoms with Gasteiger partial charge in [-0.2, -0.15) is 0 Å². The molecule has 1 aliphatic heterocycles.